The summed E-state index contributed by atoms with van der Waals surface area (Å²) in [6.45, 7) is 0.436. The average molecular weight is 254 g/mol. The molecule has 102 valence electrons. The minimum Gasteiger partial charge on any atom is -0.480 e. The zero-order valence-corrected chi connectivity index (χ0v) is 10.8. The number of Topliss-reactive ketones (excluding diaryl/α,β-unsaturated/α-hetero) is 1. The highest BCUT2D eigenvalue weighted by molar-refractivity contribution is 6.03. The van der Waals surface area contributed by atoms with Gasteiger partial charge >= 0.3 is 5.97 Å². The molecule has 0 aromatic carbocycles. The van der Waals surface area contributed by atoms with Gasteiger partial charge in [-0.1, -0.05) is 32.1 Å². The summed E-state index contributed by atoms with van der Waals surface area (Å²) in [6, 6.07) is 0. The Bertz CT molecular complexity index is 320. The number of carbonyl (C=O) groups is 2. The van der Waals surface area contributed by atoms with Gasteiger partial charge in [-0.2, -0.15) is 0 Å². The highest BCUT2D eigenvalue weighted by Gasteiger charge is 2.47. The van der Waals surface area contributed by atoms with Gasteiger partial charge in [-0.15, -0.1) is 0 Å². The summed E-state index contributed by atoms with van der Waals surface area (Å²) >= 11 is 0. The number of aliphatic carboxylic acids is 1. The predicted molar refractivity (Wildman–Crippen MR) is 66.3 cm³/mol. The molecule has 4 heteroatoms. The van der Waals surface area contributed by atoms with Crippen molar-refractivity contribution in [2.24, 2.45) is 11.3 Å². The molecule has 1 aliphatic heterocycles. The number of ether oxygens (including phenoxy) is 1. The van der Waals surface area contributed by atoms with Crippen LogP contribution in [-0.2, 0) is 14.3 Å². The Morgan fingerprint density at radius 3 is 2.67 bits per heavy atom. The third-order valence-electron chi connectivity index (χ3n) is 4.47. The molecular formula is C14H22O4. The quantitative estimate of drug-likeness (QED) is 0.782. The van der Waals surface area contributed by atoms with Crippen molar-refractivity contribution in [3.63, 3.8) is 0 Å². The second kappa shape index (κ2) is 5.83. The van der Waals surface area contributed by atoms with E-state index in [1.165, 1.54) is 32.1 Å². The third kappa shape index (κ3) is 2.74. The van der Waals surface area contributed by atoms with Gasteiger partial charge < -0.3 is 9.84 Å². The number of carboxylic acid groups (broad SMARTS) is 1. The van der Waals surface area contributed by atoms with Crippen molar-refractivity contribution in [1.29, 1.82) is 0 Å². The standard InChI is InChI=1S/C14H22O4/c15-12-7-9-18-10-14(12,13(16)17)8-6-11-4-2-1-3-5-11/h11H,1-10H2,(H,16,17). The van der Waals surface area contributed by atoms with Crippen molar-refractivity contribution in [3.05, 3.63) is 0 Å². The van der Waals surface area contributed by atoms with Gasteiger partial charge in [0.05, 0.1) is 13.2 Å². The van der Waals surface area contributed by atoms with Crippen LogP contribution in [0.1, 0.15) is 51.4 Å². The lowest BCUT2D eigenvalue weighted by Gasteiger charge is -2.33. The smallest absolute Gasteiger partial charge is 0.319 e. The van der Waals surface area contributed by atoms with Crippen LogP contribution in [0.15, 0.2) is 0 Å². The van der Waals surface area contributed by atoms with E-state index in [-0.39, 0.29) is 18.8 Å². The third-order valence-corrected chi connectivity index (χ3v) is 4.47. The van der Waals surface area contributed by atoms with Crippen LogP contribution >= 0.6 is 0 Å². The summed E-state index contributed by atoms with van der Waals surface area (Å²) in [5, 5.41) is 9.39. The van der Waals surface area contributed by atoms with Crippen LogP contribution in [-0.4, -0.2) is 30.1 Å². The second-order valence-electron chi connectivity index (χ2n) is 5.66. The molecule has 2 fully saturated rings. The Labute approximate surface area is 108 Å². The van der Waals surface area contributed by atoms with Gasteiger partial charge in [0.25, 0.3) is 0 Å². The van der Waals surface area contributed by atoms with Gasteiger partial charge in [0.15, 0.2) is 5.78 Å². The summed E-state index contributed by atoms with van der Waals surface area (Å²) in [7, 11) is 0. The molecule has 0 bridgehead atoms. The van der Waals surface area contributed by atoms with E-state index in [9.17, 15) is 14.7 Å². The fourth-order valence-electron chi connectivity index (χ4n) is 3.16. The Hall–Kier alpha value is -0.900. The number of rotatable bonds is 4. The first-order chi connectivity index (χ1) is 8.65. The van der Waals surface area contributed by atoms with E-state index in [2.05, 4.69) is 0 Å². The normalized spacial score (nSPS) is 30.3. The van der Waals surface area contributed by atoms with Gasteiger partial charge in [-0.05, 0) is 18.8 Å². The van der Waals surface area contributed by atoms with Crippen LogP contribution in [0.4, 0.5) is 0 Å². The Morgan fingerprint density at radius 2 is 2.06 bits per heavy atom. The van der Waals surface area contributed by atoms with Crippen LogP contribution in [0.5, 0.6) is 0 Å². The molecule has 0 aromatic rings. The SMILES string of the molecule is O=C(O)C1(CCC2CCCCC2)COCCC1=O. The zero-order chi connectivity index (χ0) is 13.0. The van der Waals surface area contributed by atoms with E-state index in [1.807, 2.05) is 0 Å². The lowest BCUT2D eigenvalue weighted by Crippen LogP contribution is -2.47. The van der Waals surface area contributed by atoms with Crippen LogP contribution in [0, 0.1) is 11.3 Å². The number of carboxylic acids is 1. The van der Waals surface area contributed by atoms with Crippen molar-refractivity contribution >= 4 is 11.8 Å². The average Bonchev–Trinajstić information content (AvgIpc) is 2.39. The Balaban J connectivity index is 1.97. The van der Waals surface area contributed by atoms with E-state index in [1.54, 1.807) is 0 Å². The second-order valence-corrected chi connectivity index (χ2v) is 5.66. The lowest BCUT2D eigenvalue weighted by molar-refractivity contribution is -0.165. The van der Waals surface area contributed by atoms with Crippen LogP contribution in [0.25, 0.3) is 0 Å². The molecule has 18 heavy (non-hydrogen) atoms. The summed E-state index contributed by atoms with van der Waals surface area (Å²) < 4.78 is 5.26. The van der Waals surface area contributed by atoms with E-state index >= 15 is 0 Å². The van der Waals surface area contributed by atoms with Crippen molar-refractivity contribution in [2.75, 3.05) is 13.2 Å². The fourth-order valence-corrected chi connectivity index (χ4v) is 3.16. The zero-order valence-electron chi connectivity index (χ0n) is 10.8. The first kappa shape index (κ1) is 13.5. The minimum absolute atomic E-state index is 0.0634. The Morgan fingerprint density at radius 1 is 1.33 bits per heavy atom. The first-order valence-electron chi connectivity index (χ1n) is 6.99. The molecule has 1 saturated carbocycles. The molecule has 1 unspecified atom stereocenters. The highest BCUT2D eigenvalue weighted by Crippen LogP contribution is 2.36. The molecule has 1 saturated heterocycles. The van der Waals surface area contributed by atoms with Crippen LogP contribution < -0.4 is 0 Å². The molecule has 0 amide bonds. The molecule has 2 aliphatic rings. The maximum atomic E-state index is 12.0. The van der Waals surface area contributed by atoms with Gasteiger partial charge in [-0.3, -0.25) is 9.59 Å². The van der Waals surface area contributed by atoms with Crippen LogP contribution in [0.2, 0.25) is 0 Å². The molecule has 1 aliphatic carbocycles. The van der Waals surface area contributed by atoms with Crippen molar-refractivity contribution in [3.8, 4) is 0 Å². The highest BCUT2D eigenvalue weighted by atomic mass is 16.5. The number of hydrogen-bond donors (Lipinski definition) is 1. The van der Waals surface area contributed by atoms with Crippen LogP contribution in [0.3, 0.4) is 0 Å². The fraction of sp³-hybridized carbons (Fsp3) is 0.857. The summed E-state index contributed by atoms with van der Waals surface area (Å²) in [6.07, 6.45) is 7.70. The summed E-state index contributed by atoms with van der Waals surface area (Å²) in [5.41, 5.74) is -1.25. The molecule has 1 heterocycles. The molecule has 1 atom stereocenters. The minimum atomic E-state index is -1.25. The van der Waals surface area contributed by atoms with E-state index in [0.717, 1.165) is 6.42 Å². The number of carbonyl (C=O) groups excluding carboxylic acids is 1. The summed E-state index contributed by atoms with van der Waals surface area (Å²) in [4.78, 5) is 23.4. The maximum Gasteiger partial charge on any atom is 0.319 e. The molecule has 0 aromatic heterocycles. The van der Waals surface area contributed by atoms with E-state index in [0.29, 0.717) is 18.9 Å². The molecule has 2 rings (SSSR count). The first-order valence-corrected chi connectivity index (χ1v) is 6.99. The van der Waals surface area contributed by atoms with E-state index in [4.69, 9.17) is 4.74 Å². The largest absolute Gasteiger partial charge is 0.480 e. The number of hydrogen-bond acceptors (Lipinski definition) is 3. The topological polar surface area (TPSA) is 63.6 Å². The molecular weight excluding hydrogens is 232 g/mol. The van der Waals surface area contributed by atoms with Gasteiger partial charge in [-0.25, -0.2) is 0 Å². The number of ketones is 1. The lowest BCUT2D eigenvalue weighted by atomic mass is 9.74. The van der Waals surface area contributed by atoms with Crippen molar-refractivity contribution < 1.29 is 19.4 Å². The Kier molecular flexibility index (Phi) is 4.38. The predicted octanol–water partition coefficient (Wildman–Crippen LogP) is 2.41. The van der Waals surface area contributed by atoms with Crippen molar-refractivity contribution in [1.82, 2.24) is 0 Å². The molecule has 0 spiro atoms. The maximum absolute atomic E-state index is 12.0. The van der Waals surface area contributed by atoms with Crippen molar-refractivity contribution in [2.45, 2.75) is 51.4 Å². The monoisotopic (exact) mass is 254 g/mol. The van der Waals surface area contributed by atoms with E-state index < -0.39 is 11.4 Å². The molecule has 0 radical (unpaired) electrons. The molecule has 1 N–H and O–H groups in total. The van der Waals surface area contributed by atoms with Gasteiger partial charge in [0.2, 0.25) is 0 Å². The molecule has 4 nitrogen and oxygen atoms in total. The van der Waals surface area contributed by atoms with Gasteiger partial charge in [0, 0.05) is 6.42 Å². The summed E-state index contributed by atoms with van der Waals surface area (Å²) in [5.74, 6) is -0.537. The van der Waals surface area contributed by atoms with Gasteiger partial charge in [0.1, 0.15) is 5.41 Å².